The molecule has 0 aliphatic carbocycles. The average Bonchev–Trinajstić information content (AvgIpc) is 2.54. The number of aromatic amines is 1. The summed E-state index contributed by atoms with van der Waals surface area (Å²) in [6.45, 7) is 2.02. The molecule has 13 heavy (non-hydrogen) atoms. The molecule has 0 amide bonds. The van der Waals surface area contributed by atoms with Gasteiger partial charge >= 0.3 is 0 Å². The molecule has 2 N–H and O–H groups in total. The predicted molar refractivity (Wildman–Crippen MR) is 52.8 cm³/mol. The number of rotatable bonds is 2. The van der Waals surface area contributed by atoms with Crippen molar-refractivity contribution in [2.45, 2.75) is 18.9 Å². The standard InChI is InChI=1S/C8H12BrN3O/c9-7-5-11-12-8(7)13-6-2-1-3-10-4-6/h5-6,10H,1-4H2,(H,11,12). The van der Waals surface area contributed by atoms with E-state index in [9.17, 15) is 0 Å². The molecule has 0 aromatic carbocycles. The fraction of sp³-hybridized carbons (Fsp3) is 0.625. The zero-order valence-electron chi connectivity index (χ0n) is 7.22. The van der Waals surface area contributed by atoms with Gasteiger partial charge in [-0.15, -0.1) is 0 Å². The molecule has 5 heteroatoms. The van der Waals surface area contributed by atoms with Crippen LogP contribution in [0.2, 0.25) is 0 Å². The molecule has 72 valence electrons. The summed E-state index contributed by atoms with van der Waals surface area (Å²) in [6.07, 6.45) is 4.26. The molecule has 0 bridgehead atoms. The van der Waals surface area contributed by atoms with Crippen molar-refractivity contribution >= 4 is 15.9 Å². The quantitative estimate of drug-likeness (QED) is 0.827. The highest BCUT2D eigenvalue weighted by atomic mass is 79.9. The van der Waals surface area contributed by atoms with Crippen LogP contribution in [0.1, 0.15) is 12.8 Å². The predicted octanol–water partition coefficient (Wildman–Crippen LogP) is 1.30. The maximum atomic E-state index is 5.70. The van der Waals surface area contributed by atoms with Crippen molar-refractivity contribution in [1.29, 1.82) is 0 Å². The third kappa shape index (κ3) is 2.22. The Bertz CT molecular complexity index is 270. The van der Waals surface area contributed by atoms with Gasteiger partial charge in [0.25, 0.3) is 0 Å². The lowest BCUT2D eigenvalue weighted by Gasteiger charge is -2.22. The molecule has 4 nitrogen and oxygen atoms in total. The lowest BCUT2D eigenvalue weighted by Crippen LogP contribution is -2.37. The van der Waals surface area contributed by atoms with Crippen LogP contribution in [-0.2, 0) is 0 Å². The first-order valence-corrected chi connectivity index (χ1v) is 5.22. The molecule has 1 aliphatic rings. The lowest BCUT2D eigenvalue weighted by atomic mass is 10.1. The summed E-state index contributed by atoms with van der Waals surface area (Å²) < 4.78 is 6.59. The molecule has 2 heterocycles. The molecule has 2 rings (SSSR count). The largest absolute Gasteiger partial charge is 0.473 e. The number of halogens is 1. The van der Waals surface area contributed by atoms with E-state index in [1.807, 2.05) is 0 Å². The van der Waals surface area contributed by atoms with Crippen LogP contribution >= 0.6 is 15.9 Å². The second kappa shape index (κ2) is 4.11. The smallest absolute Gasteiger partial charge is 0.224 e. The van der Waals surface area contributed by atoms with Gasteiger partial charge in [0, 0.05) is 6.54 Å². The lowest BCUT2D eigenvalue weighted by molar-refractivity contribution is 0.159. The SMILES string of the molecule is Brc1cn[nH]c1OC1CCCNC1. The van der Waals surface area contributed by atoms with Gasteiger partial charge in [0.2, 0.25) is 5.88 Å². The fourth-order valence-electron chi connectivity index (χ4n) is 1.43. The summed E-state index contributed by atoms with van der Waals surface area (Å²) in [5, 5.41) is 9.97. The second-order valence-corrected chi connectivity index (χ2v) is 3.99. The van der Waals surface area contributed by atoms with Gasteiger partial charge in [-0.05, 0) is 35.3 Å². The van der Waals surface area contributed by atoms with Crippen molar-refractivity contribution in [1.82, 2.24) is 15.5 Å². The summed E-state index contributed by atoms with van der Waals surface area (Å²) in [5.41, 5.74) is 0. The molecule has 1 saturated heterocycles. The van der Waals surface area contributed by atoms with Crippen LogP contribution < -0.4 is 10.1 Å². The van der Waals surface area contributed by atoms with E-state index in [-0.39, 0.29) is 6.10 Å². The van der Waals surface area contributed by atoms with E-state index < -0.39 is 0 Å². The number of aromatic nitrogens is 2. The first-order valence-electron chi connectivity index (χ1n) is 4.42. The van der Waals surface area contributed by atoms with Crippen LogP contribution in [0.25, 0.3) is 0 Å². The van der Waals surface area contributed by atoms with Crippen LogP contribution in [0.4, 0.5) is 0 Å². The van der Waals surface area contributed by atoms with E-state index in [2.05, 4.69) is 31.4 Å². The molecule has 1 unspecified atom stereocenters. The van der Waals surface area contributed by atoms with Gasteiger partial charge in [-0.25, -0.2) is 5.10 Å². The van der Waals surface area contributed by atoms with Crippen molar-refractivity contribution < 1.29 is 4.74 Å². The first kappa shape index (κ1) is 9.02. The van der Waals surface area contributed by atoms with Gasteiger partial charge in [0.05, 0.1) is 10.7 Å². The van der Waals surface area contributed by atoms with E-state index in [1.54, 1.807) is 6.20 Å². The maximum Gasteiger partial charge on any atom is 0.224 e. The topological polar surface area (TPSA) is 49.9 Å². The van der Waals surface area contributed by atoms with Gasteiger partial charge in [0.15, 0.2) is 0 Å². The molecular formula is C8H12BrN3O. The molecule has 0 radical (unpaired) electrons. The number of hydrogen-bond donors (Lipinski definition) is 2. The van der Waals surface area contributed by atoms with E-state index >= 15 is 0 Å². The fourth-order valence-corrected chi connectivity index (χ4v) is 1.71. The normalized spacial score (nSPS) is 23.0. The number of nitrogens with one attached hydrogen (secondary N) is 2. The summed E-state index contributed by atoms with van der Waals surface area (Å²) in [6, 6.07) is 0. The number of H-pyrrole nitrogens is 1. The Labute approximate surface area is 85.2 Å². The summed E-state index contributed by atoms with van der Waals surface area (Å²) in [4.78, 5) is 0. The molecule has 0 saturated carbocycles. The summed E-state index contributed by atoms with van der Waals surface area (Å²) >= 11 is 3.35. The van der Waals surface area contributed by atoms with Crippen molar-refractivity contribution in [3.8, 4) is 5.88 Å². The highest BCUT2D eigenvalue weighted by Gasteiger charge is 2.16. The Kier molecular flexibility index (Phi) is 2.85. The zero-order chi connectivity index (χ0) is 9.10. The molecule has 1 aromatic rings. The van der Waals surface area contributed by atoms with Crippen molar-refractivity contribution in [2.24, 2.45) is 0 Å². The number of hydrogen-bond acceptors (Lipinski definition) is 3. The third-order valence-electron chi connectivity index (χ3n) is 2.10. The molecular weight excluding hydrogens is 234 g/mol. The average molecular weight is 246 g/mol. The minimum Gasteiger partial charge on any atom is -0.473 e. The number of ether oxygens (including phenoxy) is 1. The Morgan fingerprint density at radius 2 is 2.54 bits per heavy atom. The second-order valence-electron chi connectivity index (χ2n) is 3.13. The summed E-state index contributed by atoms with van der Waals surface area (Å²) in [5.74, 6) is 0.730. The van der Waals surface area contributed by atoms with E-state index in [1.165, 1.54) is 6.42 Å². The molecule has 1 aromatic heterocycles. The minimum absolute atomic E-state index is 0.269. The van der Waals surface area contributed by atoms with Gasteiger partial charge in [-0.1, -0.05) is 0 Å². The highest BCUT2D eigenvalue weighted by molar-refractivity contribution is 9.10. The number of piperidine rings is 1. The van der Waals surface area contributed by atoms with E-state index in [4.69, 9.17) is 4.74 Å². The first-order chi connectivity index (χ1) is 6.36. The molecule has 1 atom stereocenters. The van der Waals surface area contributed by atoms with Gasteiger partial charge in [-0.2, -0.15) is 5.10 Å². The van der Waals surface area contributed by atoms with Crippen LogP contribution in [0.15, 0.2) is 10.7 Å². The highest BCUT2D eigenvalue weighted by Crippen LogP contribution is 2.22. The van der Waals surface area contributed by atoms with Crippen LogP contribution in [0.3, 0.4) is 0 Å². The monoisotopic (exact) mass is 245 g/mol. The molecule has 1 aliphatic heterocycles. The maximum absolute atomic E-state index is 5.70. The Morgan fingerprint density at radius 1 is 1.62 bits per heavy atom. The Balaban J connectivity index is 1.93. The Hall–Kier alpha value is -0.550. The zero-order valence-corrected chi connectivity index (χ0v) is 8.80. The van der Waals surface area contributed by atoms with Gasteiger partial charge in [-0.3, -0.25) is 0 Å². The van der Waals surface area contributed by atoms with E-state index in [0.29, 0.717) is 0 Å². The van der Waals surface area contributed by atoms with Gasteiger partial charge in [0.1, 0.15) is 6.10 Å². The third-order valence-corrected chi connectivity index (χ3v) is 2.66. The van der Waals surface area contributed by atoms with Gasteiger partial charge < -0.3 is 10.1 Å². The van der Waals surface area contributed by atoms with Crippen molar-refractivity contribution in [3.05, 3.63) is 10.7 Å². The van der Waals surface area contributed by atoms with Crippen molar-refractivity contribution in [3.63, 3.8) is 0 Å². The van der Waals surface area contributed by atoms with Crippen LogP contribution in [-0.4, -0.2) is 29.4 Å². The summed E-state index contributed by atoms with van der Waals surface area (Å²) in [7, 11) is 0. The minimum atomic E-state index is 0.269. The Morgan fingerprint density at radius 3 is 3.15 bits per heavy atom. The molecule has 1 fully saturated rings. The van der Waals surface area contributed by atoms with Crippen LogP contribution in [0.5, 0.6) is 5.88 Å². The molecule has 0 spiro atoms. The van der Waals surface area contributed by atoms with E-state index in [0.717, 1.165) is 29.9 Å². The number of nitrogens with zero attached hydrogens (tertiary/aromatic N) is 1. The van der Waals surface area contributed by atoms with Crippen LogP contribution in [0, 0.1) is 0 Å². The van der Waals surface area contributed by atoms with Crippen molar-refractivity contribution in [2.75, 3.05) is 13.1 Å².